The van der Waals surface area contributed by atoms with Crippen LogP contribution in [0.2, 0.25) is 0 Å². The number of aromatic nitrogens is 1. The quantitative estimate of drug-likeness (QED) is 0.389. The summed E-state index contributed by atoms with van der Waals surface area (Å²) in [5.74, 6) is 1.45. The van der Waals surface area contributed by atoms with Crippen molar-refractivity contribution in [3.05, 3.63) is 65.5 Å². The lowest BCUT2D eigenvalue weighted by Crippen LogP contribution is -2.68. The second kappa shape index (κ2) is 9.64. The number of halogens is 1. The number of benzene rings is 2. The summed E-state index contributed by atoms with van der Waals surface area (Å²) in [5.41, 5.74) is 3.17. The summed E-state index contributed by atoms with van der Waals surface area (Å²) in [6.07, 6.45) is 1.87. The highest BCUT2D eigenvalue weighted by Gasteiger charge is 2.18. The van der Waals surface area contributed by atoms with Crippen molar-refractivity contribution in [3.63, 3.8) is 0 Å². The van der Waals surface area contributed by atoms with Crippen LogP contribution in [0.25, 0.3) is 10.8 Å². The van der Waals surface area contributed by atoms with Crippen LogP contribution in [0.15, 0.2) is 53.6 Å². The van der Waals surface area contributed by atoms with Crippen molar-refractivity contribution in [2.75, 3.05) is 14.2 Å². The Morgan fingerprint density at radius 3 is 2.00 bits per heavy atom. The molecule has 9 heteroatoms. The second-order valence-corrected chi connectivity index (χ2v) is 6.77. The van der Waals surface area contributed by atoms with Crippen molar-refractivity contribution < 1.29 is 43.0 Å². The van der Waals surface area contributed by atoms with E-state index in [-0.39, 0.29) is 0 Å². The zero-order valence-electron chi connectivity index (χ0n) is 16.4. The van der Waals surface area contributed by atoms with Gasteiger partial charge in [0.1, 0.15) is 6.21 Å². The fraction of sp³-hybridized carbons (Fsp3) is 0.200. The molecule has 0 bridgehead atoms. The summed E-state index contributed by atoms with van der Waals surface area (Å²) >= 11 is 0. The molecular weight excluding hydrogens is 400 g/mol. The predicted octanol–water partition coefficient (Wildman–Crippen LogP) is -1.11. The average molecular weight is 421 g/mol. The Hall–Kier alpha value is -2.75. The Bertz CT molecular complexity index is 998. The third-order valence-electron chi connectivity index (χ3n) is 4.08. The predicted molar refractivity (Wildman–Crippen MR) is 96.2 cm³/mol. The van der Waals surface area contributed by atoms with E-state index in [0.717, 1.165) is 39.2 Å². The molecule has 0 spiro atoms. The first-order valence-electron chi connectivity index (χ1n) is 8.43. The van der Waals surface area contributed by atoms with Crippen LogP contribution in [-0.4, -0.2) is 20.4 Å². The first kappa shape index (κ1) is 22.5. The molecule has 8 nitrogen and oxygen atoms in total. The van der Waals surface area contributed by atoms with E-state index in [1.165, 1.54) is 0 Å². The van der Waals surface area contributed by atoms with Gasteiger partial charge in [0.2, 0.25) is 11.4 Å². The van der Waals surface area contributed by atoms with Crippen molar-refractivity contribution in [1.29, 1.82) is 0 Å². The Kier molecular flexibility index (Phi) is 7.49. The maximum absolute atomic E-state index is 8.49. The van der Waals surface area contributed by atoms with Gasteiger partial charge in [-0.2, -0.15) is 0 Å². The van der Waals surface area contributed by atoms with E-state index in [1.54, 1.807) is 14.2 Å². The summed E-state index contributed by atoms with van der Waals surface area (Å²) < 4.78 is 46.7. The Morgan fingerprint density at radius 1 is 0.897 bits per heavy atom. The molecule has 0 saturated carbocycles. The van der Waals surface area contributed by atoms with E-state index < -0.39 is 10.2 Å². The largest absolute Gasteiger partial charge is 0.493 e. The van der Waals surface area contributed by atoms with Crippen molar-refractivity contribution in [2.24, 2.45) is 5.10 Å². The zero-order valence-corrected chi connectivity index (χ0v) is 17.2. The van der Waals surface area contributed by atoms with E-state index >= 15 is 0 Å². The van der Waals surface area contributed by atoms with Crippen LogP contribution in [0.4, 0.5) is 0 Å². The van der Waals surface area contributed by atoms with Crippen LogP contribution in [0, 0.1) is 24.1 Å². The average Bonchev–Trinajstić information content (AvgIpc) is 2.66. The van der Waals surface area contributed by atoms with Crippen LogP contribution in [0.1, 0.15) is 17.0 Å². The first-order valence-corrected chi connectivity index (χ1v) is 9.66. The maximum atomic E-state index is 8.49. The molecule has 0 unspecified atom stereocenters. The van der Waals surface area contributed by atoms with E-state index in [1.807, 2.05) is 60.3 Å². The number of hydrogen-bond acceptors (Lipinski definition) is 7. The molecule has 0 fully saturated rings. The minimum Gasteiger partial charge on any atom is -0.493 e. The van der Waals surface area contributed by atoms with Crippen molar-refractivity contribution in [1.82, 2.24) is 0 Å². The van der Waals surface area contributed by atoms with Crippen molar-refractivity contribution >= 4 is 17.0 Å². The number of hydrogen-bond donors (Lipinski definition) is 0. The highest BCUT2D eigenvalue weighted by molar-refractivity contribution is 5.87. The molecule has 1 heterocycles. The van der Waals surface area contributed by atoms with E-state index in [2.05, 4.69) is 18.1 Å². The fourth-order valence-corrected chi connectivity index (χ4v) is 2.83. The van der Waals surface area contributed by atoms with Crippen LogP contribution < -0.4 is 32.8 Å². The second-order valence-electron chi connectivity index (χ2n) is 6.01. The normalized spacial score (nSPS) is 11.3. The third kappa shape index (κ3) is 6.38. The monoisotopic (exact) mass is 420 g/mol. The third-order valence-corrected chi connectivity index (χ3v) is 4.08. The molecule has 0 N–H and O–H groups in total. The fourth-order valence-electron chi connectivity index (χ4n) is 2.83. The van der Waals surface area contributed by atoms with Gasteiger partial charge in [0.05, 0.1) is 19.6 Å². The van der Waals surface area contributed by atoms with Crippen molar-refractivity contribution in [3.8, 4) is 11.5 Å². The van der Waals surface area contributed by atoms with E-state index in [0.29, 0.717) is 0 Å². The number of methoxy groups -OCH3 is 2. The van der Waals surface area contributed by atoms with Gasteiger partial charge >= 0.3 is 0 Å². The van der Waals surface area contributed by atoms with Gasteiger partial charge in [-0.25, -0.2) is 18.6 Å². The van der Waals surface area contributed by atoms with Gasteiger partial charge in [0.15, 0.2) is 11.5 Å². The highest BCUT2D eigenvalue weighted by atomic mass is 35.7. The van der Waals surface area contributed by atoms with Gasteiger partial charge < -0.3 is 9.47 Å². The molecular formula is C20H21ClN2O6. The summed E-state index contributed by atoms with van der Waals surface area (Å²) in [7, 11) is -1.65. The molecule has 29 heavy (non-hydrogen) atoms. The van der Waals surface area contributed by atoms with Gasteiger partial charge in [0.25, 0.3) is 0 Å². The van der Waals surface area contributed by atoms with Gasteiger partial charge in [-0.1, -0.05) is 35.0 Å². The number of ether oxygens (including phenoxy) is 2. The lowest BCUT2D eigenvalue weighted by atomic mass is 10.1. The Morgan fingerprint density at radius 2 is 1.45 bits per heavy atom. The van der Waals surface area contributed by atoms with E-state index in [9.17, 15) is 0 Å². The molecule has 1 aromatic heterocycles. The summed E-state index contributed by atoms with van der Waals surface area (Å²) in [6.45, 7) is 4.11. The maximum Gasteiger partial charge on any atom is 0.219 e. The zero-order chi connectivity index (χ0) is 21.6. The molecule has 0 aliphatic rings. The number of rotatable bonds is 4. The minimum atomic E-state index is -4.94. The summed E-state index contributed by atoms with van der Waals surface area (Å²) in [4.78, 5) is 0. The van der Waals surface area contributed by atoms with Gasteiger partial charge in [0, 0.05) is 19.9 Å². The number of aryl methyl sites for hydroxylation is 2. The first-order chi connectivity index (χ1) is 13.6. The van der Waals surface area contributed by atoms with Crippen LogP contribution in [-0.2, 0) is 0 Å². The van der Waals surface area contributed by atoms with E-state index in [4.69, 9.17) is 28.1 Å². The Labute approximate surface area is 170 Å². The van der Waals surface area contributed by atoms with Gasteiger partial charge in [-0.05, 0) is 28.2 Å². The van der Waals surface area contributed by atoms with Crippen molar-refractivity contribution in [2.45, 2.75) is 13.8 Å². The number of fused-ring (bicyclic) bond motifs is 1. The molecule has 0 aliphatic carbocycles. The highest BCUT2D eigenvalue weighted by Crippen LogP contribution is 2.33. The molecule has 0 aliphatic heterocycles. The smallest absolute Gasteiger partial charge is 0.219 e. The van der Waals surface area contributed by atoms with Crippen LogP contribution >= 0.6 is 0 Å². The standard InChI is InChI=1S/C20H21N2O2.ClHO4/c1-14-10-17-11-19(23-3)20(24-4)12-18(17)15(2)22(14)21-13-16-8-6-5-7-9-16;2-1(3,4)5/h5-13H,1-4H3;(H,2,3,4,5)/q+1;/p-1. The van der Waals surface area contributed by atoms with Crippen LogP contribution in [0.3, 0.4) is 0 Å². The molecule has 3 aromatic rings. The molecule has 154 valence electrons. The molecule has 0 saturated heterocycles. The SMILES string of the molecule is COc1cc2cc(C)[n+](N=Cc3ccccc3)c(C)c2cc1OC.[O-][Cl+3]([O-])([O-])[O-]. The van der Waals surface area contributed by atoms with Gasteiger partial charge in [-0.3, -0.25) is 0 Å². The summed E-state index contributed by atoms with van der Waals surface area (Å²) in [5, 5.41) is 6.84. The molecule has 3 rings (SSSR count). The molecule has 0 amide bonds. The number of nitrogens with zero attached hydrogens (tertiary/aromatic N) is 2. The summed E-state index contributed by atoms with van der Waals surface area (Å²) in [6, 6.07) is 16.2. The molecule has 0 atom stereocenters. The minimum absolute atomic E-state index is 0.718. The topological polar surface area (TPSA) is 127 Å². The molecule has 0 radical (unpaired) electrons. The lowest BCUT2D eigenvalue weighted by molar-refractivity contribution is -2.00. The lowest BCUT2D eigenvalue weighted by Gasteiger charge is -2.17. The van der Waals surface area contributed by atoms with Crippen LogP contribution in [0.5, 0.6) is 11.5 Å². The Balaban J connectivity index is 0.000000537. The number of pyridine rings is 1. The van der Waals surface area contributed by atoms with Gasteiger partial charge in [-0.15, -0.1) is 10.2 Å². The molecule has 2 aromatic carbocycles.